The summed E-state index contributed by atoms with van der Waals surface area (Å²) in [5.74, 6) is -0.744. The number of para-hydroxylation sites is 2. The van der Waals surface area contributed by atoms with Gasteiger partial charge >= 0.3 is 0 Å². The van der Waals surface area contributed by atoms with E-state index in [0.29, 0.717) is 12.2 Å². The van der Waals surface area contributed by atoms with Crippen molar-refractivity contribution < 1.29 is 9.59 Å². The second-order valence-corrected chi connectivity index (χ2v) is 6.01. The number of nitrogens with zero attached hydrogens (tertiary/aromatic N) is 3. The zero-order valence-electron chi connectivity index (χ0n) is 15.4. The van der Waals surface area contributed by atoms with Gasteiger partial charge in [0.25, 0.3) is 11.5 Å². The number of benzene rings is 2. The van der Waals surface area contributed by atoms with E-state index in [-0.39, 0.29) is 18.1 Å². The van der Waals surface area contributed by atoms with E-state index in [1.165, 1.54) is 12.1 Å². The number of hydrogen-bond donors (Lipinski definition) is 1. The van der Waals surface area contributed by atoms with Crippen LogP contribution in [0.4, 0.5) is 11.4 Å². The van der Waals surface area contributed by atoms with Gasteiger partial charge in [0.2, 0.25) is 5.91 Å². The molecule has 0 radical (unpaired) electrons. The summed E-state index contributed by atoms with van der Waals surface area (Å²) in [7, 11) is 0. The van der Waals surface area contributed by atoms with Crippen LogP contribution >= 0.6 is 0 Å². The molecule has 0 spiro atoms. The molecule has 0 saturated carbocycles. The Labute approximate surface area is 162 Å². The van der Waals surface area contributed by atoms with Crippen LogP contribution in [0.5, 0.6) is 0 Å². The minimum Gasteiger partial charge on any atom is -0.321 e. The lowest BCUT2D eigenvalue weighted by molar-refractivity contribution is -0.119. The Kier molecular flexibility index (Phi) is 5.96. The molecule has 1 heterocycles. The fourth-order valence-corrected chi connectivity index (χ4v) is 2.72. The largest absolute Gasteiger partial charge is 0.321 e. The normalized spacial score (nSPS) is 10.3. The fraction of sp³-hybridized carbons (Fsp3) is 0.143. The number of carbonyl (C=O) groups excluding carboxylic acids is 2. The quantitative estimate of drug-likeness (QED) is 0.717. The number of rotatable bonds is 6. The number of aromatic nitrogens is 2. The molecule has 3 rings (SSSR count). The van der Waals surface area contributed by atoms with Crippen LogP contribution in [0, 0.1) is 0 Å². The number of likely N-dealkylation sites (N-methyl/N-ethyl adjacent to an activating group) is 1. The van der Waals surface area contributed by atoms with Crippen LogP contribution in [0.25, 0.3) is 0 Å². The van der Waals surface area contributed by atoms with Crippen LogP contribution in [-0.2, 0) is 11.3 Å². The Balaban J connectivity index is 1.78. The Morgan fingerprint density at radius 3 is 2.25 bits per heavy atom. The van der Waals surface area contributed by atoms with Gasteiger partial charge in [-0.3, -0.25) is 14.4 Å². The van der Waals surface area contributed by atoms with Gasteiger partial charge < -0.3 is 10.2 Å². The molecule has 2 amide bonds. The number of carbonyl (C=O) groups is 2. The number of nitrogens with one attached hydrogen (secondary N) is 1. The summed E-state index contributed by atoms with van der Waals surface area (Å²) in [6.07, 6.45) is 0. The zero-order valence-corrected chi connectivity index (χ0v) is 15.4. The summed E-state index contributed by atoms with van der Waals surface area (Å²) in [6, 6.07) is 20.7. The van der Waals surface area contributed by atoms with Crippen molar-refractivity contribution in [3.63, 3.8) is 0 Å². The molecule has 7 nitrogen and oxygen atoms in total. The Hall–Kier alpha value is -3.74. The van der Waals surface area contributed by atoms with E-state index in [0.717, 1.165) is 10.4 Å². The first-order valence-corrected chi connectivity index (χ1v) is 8.88. The summed E-state index contributed by atoms with van der Waals surface area (Å²) in [5, 5.41) is 6.77. The lowest BCUT2D eigenvalue weighted by Crippen LogP contribution is -2.37. The van der Waals surface area contributed by atoms with Gasteiger partial charge in [0.05, 0.1) is 0 Å². The first kappa shape index (κ1) is 19.0. The Morgan fingerprint density at radius 1 is 0.964 bits per heavy atom. The number of amides is 2. The third kappa shape index (κ3) is 4.50. The summed E-state index contributed by atoms with van der Waals surface area (Å²) in [6.45, 7) is 2.05. The molecule has 1 N–H and O–H groups in total. The predicted octanol–water partition coefficient (Wildman–Crippen LogP) is 2.55. The molecule has 7 heteroatoms. The molecule has 0 aliphatic carbocycles. The Bertz CT molecular complexity index is 1020. The number of anilines is 2. The maximum Gasteiger partial charge on any atom is 0.276 e. The van der Waals surface area contributed by atoms with Crippen molar-refractivity contribution in [1.29, 1.82) is 0 Å². The van der Waals surface area contributed by atoms with E-state index in [1.54, 1.807) is 29.2 Å². The topological polar surface area (TPSA) is 84.3 Å². The van der Waals surface area contributed by atoms with Crippen molar-refractivity contribution in [1.82, 2.24) is 9.78 Å². The average molecular weight is 376 g/mol. The zero-order chi connectivity index (χ0) is 19.9. The third-order valence-electron chi connectivity index (χ3n) is 4.10. The van der Waals surface area contributed by atoms with Crippen LogP contribution in [-0.4, -0.2) is 28.1 Å². The van der Waals surface area contributed by atoms with E-state index < -0.39 is 11.5 Å². The van der Waals surface area contributed by atoms with Crippen LogP contribution in [0.3, 0.4) is 0 Å². The highest BCUT2D eigenvalue weighted by atomic mass is 16.2. The molecule has 0 bridgehead atoms. The van der Waals surface area contributed by atoms with Gasteiger partial charge in [-0.05, 0) is 37.3 Å². The summed E-state index contributed by atoms with van der Waals surface area (Å²) >= 11 is 0. The van der Waals surface area contributed by atoms with Gasteiger partial charge in [-0.25, -0.2) is 4.68 Å². The average Bonchev–Trinajstić information content (AvgIpc) is 2.71. The van der Waals surface area contributed by atoms with E-state index in [9.17, 15) is 14.4 Å². The molecule has 0 aliphatic heterocycles. The van der Waals surface area contributed by atoms with E-state index in [1.807, 2.05) is 43.3 Å². The molecule has 3 aromatic rings. The highest BCUT2D eigenvalue weighted by Crippen LogP contribution is 2.13. The van der Waals surface area contributed by atoms with Crippen LogP contribution < -0.4 is 15.8 Å². The lowest BCUT2D eigenvalue weighted by atomic mass is 10.3. The molecule has 142 valence electrons. The molecule has 28 heavy (non-hydrogen) atoms. The second kappa shape index (κ2) is 8.77. The second-order valence-electron chi connectivity index (χ2n) is 6.01. The van der Waals surface area contributed by atoms with E-state index in [2.05, 4.69) is 10.4 Å². The van der Waals surface area contributed by atoms with Gasteiger partial charge in [0.15, 0.2) is 0 Å². The van der Waals surface area contributed by atoms with Crippen LogP contribution in [0.2, 0.25) is 0 Å². The smallest absolute Gasteiger partial charge is 0.276 e. The van der Waals surface area contributed by atoms with E-state index in [4.69, 9.17) is 0 Å². The highest BCUT2D eigenvalue weighted by molar-refractivity contribution is 6.02. The minimum atomic E-state index is -0.456. The Morgan fingerprint density at radius 2 is 1.61 bits per heavy atom. The molecule has 0 atom stereocenters. The van der Waals surface area contributed by atoms with Crippen molar-refractivity contribution in [2.24, 2.45) is 0 Å². The van der Waals surface area contributed by atoms with Crippen molar-refractivity contribution in [3.8, 4) is 0 Å². The molecule has 0 saturated heterocycles. The van der Waals surface area contributed by atoms with Crippen molar-refractivity contribution in [2.75, 3.05) is 16.8 Å². The first-order valence-electron chi connectivity index (χ1n) is 8.88. The third-order valence-corrected chi connectivity index (χ3v) is 4.10. The first-order chi connectivity index (χ1) is 13.6. The summed E-state index contributed by atoms with van der Waals surface area (Å²) < 4.78 is 1.01. The van der Waals surface area contributed by atoms with Crippen molar-refractivity contribution in [2.45, 2.75) is 13.5 Å². The van der Waals surface area contributed by atoms with Crippen LogP contribution in [0.1, 0.15) is 17.4 Å². The SMILES string of the molecule is CCN(C(=O)Cn1nc(C(=O)Nc2ccccc2)ccc1=O)c1ccccc1. The standard InChI is InChI=1S/C21H20N4O3/c1-2-24(17-11-7-4-8-12-17)20(27)15-25-19(26)14-13-18(23-25)21(28)22-16-9-5-3-6-10-16/h3-14H,2,15H2,1H3,(H,22,28). The molecule has 2 aromatic carbocycles. The van der Waals surface area contributed by atoms with E-state index >= 15 is 0 Å². The van der Waals surface area contributed by atoms with Crippen molar-refractivity contribution in [3.05, 3.63) is 88.8 Å². The summed E-state index contributed by atoms with van der Waals surface area (Å²) in [4.78, 5) is 38.8. The molecular formula is C21H20N4O3. The van der Waals surface area contributed by atoms with Crippen LogP contribution in [0.15, 0.2) is 77.6 Å². The lowest BCUT2D eigenvalue weighted by Gasteiger charge is -2.21. The highest BCUT2D eigenvalue weighted by Gasteiger charge is 2.17. The maximum absolute atomic E-state index is 12.7. The summed E-state index contributed by atoms with van der Waals surface area (Å²) in [5.41, 5.74) is 0.957. The molecular weight excluding hydrogens is 356 g/mol. The van der Waals surface area contributed by atoms with Gasteiger partial charge in [-0.15, -0.1) is 0 Å². The van der Waals surface area contributed by atoms with Gasteiger partial charge in [-0.1, -0.05) is 36.4 Å². The van der Waals surface area contributed by atoms with Gasteiger partial charge in [0, 0.05) is 24.0 Å². The molecule has 1 aromatic heterocycles. The molecule has 0 fully saturated rings. The van der Waals surface area contributed by atoms with Gasteiger partial charge in [-0.2, -0.15) is 5.10 Å². The predicted molar refractivity (Wildman–Crippen MR) is 107 cm³/mol. The fourth-order valence-electron chi connectivity index (χ4n) is 2.72. The minimum absolute atomic E-state index is 0.0546. The molecule has 0 unspecified atom stereocenters. The number of hydrogen-bond acceptors (Lipinski definition) is 4. The monoisotopic (exact) mass is 376 g/mol. The van der Waals surface area contributed by atoms with Gasteiger partial charge in [0.1, 0.15) is 12.2 Å². The molecule has 0 aliphatic rings. The van der Waals surface area contributed by atoms with Crippen molar-refractivity contribution >= 4 is 23.2 Å². The maximum atomic E-state index is 12.7.